The molecule has 0 spiro atoms. The van der Waals surface area contributed by atoms with E-state index >= 15 is 0 Å². The first-order chi connectivity index (χ1) is 5.83. The predicted octanol–water partition coefficient (Wildman–Crippen LogP) is 1.34. The molecule has 0 unspecified atom stereocenters. The molecule has 1 aromatic heterocycles. The van der Waals surface area contributed by atoms with E-state index in [4.69, 9.17) is 0 Å². The van der Waals surface area contributed by atoms with Crippen LogP contribution in [0, 0.1) is 6.92 Å². The molecule has 2 rings (SSSR count). The Morgan fingerprint density at radius 1 is 1.50 bits per heavy atom. The molecule has 0 bridgehead atoms. The predicted molar refractivity (Wildman–Crippen MR) is 45.3 cm³/mol. The minimum absolute atomic E-state index is 0.599. The molecule has 3 nitrogen and oxygen atoms in total. The highest BCUT2D eigenvalue weighted by atomic mass is 16.1. The number of hydrogen-bond donors (Lipinski definition) is 0. The van der Waals surface area contributed by atoms with Gasteiger partial charge in [-0.1, -0.05) is 0 Å². The van der Waals surface area contributed by atoms with Gasteiger partial charge in [0.05, 0.1) is 5.69 Å². The maximum atomic E-state index is 10.6. The molecular formula is C9H12N2O. The largest absolute Gasteiger partial charge is 0.326 e. The van der Waals surface area contributed by atoms with Gasteiger partial charge >= 0.3 is 0 Å². The van der Waals surface area contributed by atoms with Gasteiger partial charge < -0.3 is 4.57 Å². The fraction of sp³-hybridized carbons (Fsp3) is 0.556. The number of nitrogens with zero attached hydrogens (tertiary/aromatic N) is 2. The van der Waals surface area contributed by atoms with Crippen LogP contribution in [0.4, 0.5) is 0 Å². The van der Waals surface area contributed by atoms with E-state index in [9.17, 15) is 4.79 Å². The van der Waals surface area contributed by atoms with E-state index in [0.717, 1.165) is 24.9 Å². The summed E-state index contributed by atoms with van der Waals surface area (Å²) in [6, 6.07) is 0. The van der Waals surface area contributed by atoms with Gasteiger partial charge in [0, 0.05) is 12.2 Å². The van der Waals surface area contributed by atoms with Crippen LogP contribution in [0.3, 0.4) is 0 Å². The van der Waals surface area contributed by atoms with Crippen LogP contribution in [-0.2, 0) is 13.0 Å². The average Bonchev–Trinajstić information content (AvgIpc) is 2.44. The van der Waals surface area contributed by atoms with Crippen LogP contribution in [-0.4, -0.2) is 15.8 Å². The van der Waals surface area contributed by atoms with Gasteiger partial charge in [0.25, 0.3) is 0 Å². The van der Waals surface area contributed by atoms with Crippen molar-refractivity contribution in [1.82, 2.24) is 9.55 Å². The molecular weight excluding hydrogens is 152 g/mol. The third kappa shape index (κ3) is 0.967. The van der Waals surface area contributed by atoms with Crippen LogP contribution in [0.25, 0.3) is 0 Å². The maximum absolute atomic E-state index is 10.6. The third-order valence-electron chi connectivity index (χ3n) is 2.45. The molecule has 2 heterocycles. The van der Waals surface area contributed by atoms with Gasteiger partial charge in [-0.2, -0.15) is 0 Å². The van der Waals surface area contributed by atoms with Gasteiger partial charge in [-0.05, 0) is 26.2 Å². The van der Waals surface area contributed by atoms with Gasteiger partial charge in [-0.3, -0.25) is 4.79 Å². The van der Waals surface area contributed by atoms with Gasteiger partial charge in [-0.15, -0.1) is 0 Å². The molecule has 0 radical (unpaired) electrons. The van der Waals surface area contributed by atoms with Crippen LogP contribution in [0.2, 0.25) is 0 Å². The van der Waals surface area contributed by atoms with E-state index in [2.05, 4.69) is 4.98 Å². The number of fused-ring (bicyclic) bond motifs is 1. The van der Waals surface area contributed by atoms with Crippen LogP contribution >= 0.6 is 0 Å². The Labute approximate surface area is 71.4 Å². The topological polar surface area (TPSA) is 34.9 Å². The van der Waals surface area contributed by atoms with Crippen molar-refractivity contribution in [2.75, 3.05) is 0 Å². The summed E-state index contributed by atoms with van der Waals surface area (Å²) in [5.41, 5.74) is 2.28. The van der Waals surface area contributed by atoms with Gasteiger partial charge in [0.15, 0.2) is 12.1 Å². The number of aryl methyl sites for hydroxylation is 1. The SMILES string of the molecule is Cc1nc(C=O)n2c1CCCC2. The van der Waals surface area contributed by atoms with E-state index in [0.29, 0.717) is 5.82 Å². The molecule has 0 aliphatic carbocycles. The highest BCUT2D eigenvalue weighted by molar-refractivity contribution is 5.70. The second kappa shape index (κ2) is 2.73. The lowest BCUT2D eigenvalue weighted by Gasteiger charge is -2.15. The molecule has 0 aromatic carbocycles. The van der Waals surface area contributed by atoms with Crippen molar-refractivity contribution in [2.45, 2.75) is 32.7 Å². The lowest BCUT2D eigenvalue weighted by atomic mass is 10.1. The first-order valence-corrected chi connectivity index (χ1v) is 4.34. The second-order valence-corrected chi connectivity index (χ2v) is 3.23. The molecule has 1 aromatic rings. The normalized spacial score (nSPS) is 15.8. The van der Waals surface area contributed by atoms with Crippen molar-refractivity contribution >= 4 is 6.29 Å². The lowest BCUT2D eigenvalue weighted by molar-refractivity contribution is 0.111. The fourth-order valence-electron chi connectivity index (χ4n) is 1.85. The first-order valence-electron chi connectivity index (χ1n) is 4.34. The summed E-state index contributed by atoms with van der Waals surface area (Å²) in [5.74, 6) is 0.599. The molecule has 1 aliphatic rings. The van der Waals surface area contributed by atoms with E-state index in [1.165, 1.54) is 18.5 Å². The van der Waals surface area contributed by atoms with Crippen LogP contribution in [0.15, 0.2) is 0 Å². The Balaban J connectivity index is 2.53. The Morgan fingerprint density at radius 3 is 3.08 bits per heavy atom. The highest BCUT2D eigenvalue weighted by Crippen LogP contribution is 2.19. The van der Waals surface area contributed by atoms with Crippen LogP contribution in [0.5, 0.6) is 0 Å². The Bertz CT molecular complexity index is 315. The average molecular weight is 164 g/mol. The van der Waals surface area contributed by atoms with E-state index in [-0.39, 0.29) is 0 Å². The van der Waals surface area contributed by atoms with E-state index < -0.39 is 0 Å². The van der Waals surface area contributed by atoms with E-state index in [1.54, 1.807) is 0 Å². The molecule has 0 fully saturated rings. The molecule has 0 saturated carbocycles. The number of aldehydes is 1. The lowest BCUT2D eigenvalue weighted by Crippen LogP contribution is -2.12. The van der Waals surface area contributed by atoms with Crippen molar-refractivity contribution in [3.8, 4) is 0 Å². The zero-order valence-corrected chi connectivity index (χ0v) is 7.21. The van der Waals surface area contributed by atoms with Gasteiger partial charge in [0.2, 0.25) is 0 Å². The first kappa shape index (κ1) is 7.53. The summed E-state index contributed by atoms with van der Waals surface area (Å²) in [4.78, 5) is 14.8. The van der Waals surface area contributed by atoms with Gasteiger partial charge in [-0.25, -0.2) is 4.98 Å². The van der Waals surface area contributed by atoms with Crippen molar-refractivity contribution in [1.29, 1.82) is 0 Å². The maximum Gasteiger partial charge on any atom is 0.185 e. The Kier molecular flexibility index (Phi) is 1.71. The molecule has 0 N–H and O–H groups in total. The molecule has 64 valence electrons. The van der Waals surface area contributed by atoms with E-state index in [1.807, 2.05) is 11.5 Å². The zero-order valence-electron chi connectivity index (χ0n) is 7.21. The molecule has 3 heteroatoms. The number of aromatic nitrogens is 2. The number of carbonyl (C=O) groups excluding carboxylic acids is 1. The van der Waals surface area contributed by atoms with Crippen LogP contribution in [0.1, 0.15) is 34.8 Å². The molecule has 12 heavy (non-hydrogen) atoms. The zero-order chi connectivity index (χ0) is 8.55. The minimum Gasteiger partial charge on any atom is -0.326 e. The molecule has 0 atom stereocenters. The van der Waals surface area contributed by atoms with Crippen molar-refractivity contribution in [2.24, 2.45) is 0 Å². The molecule has 1 aliphatic heterocycles. The number of hydrogen-bond acceptors (Lipinski definition) is 2. The number of carbonyl (C=O) groups is 1. The Morgan fingerprint density at radius 2 is 2.33 bits per heavy atom. The number of rotatable bonds is 1. The fourth-order valence-corrected chi connectivity index (χ4v) is 1.85. The number of imidazole rings is 1. The Hall–Kier alpha value is -1.12. The van der Waals surface area contributed by atoms with Crippen molar-refractivity contribution < 1.29 is 4.79 Å². The summed E-state index contributed by atoms with van der Waals surface area (Å²) in [5, 5.41) is 0. The molecule has 0 saturated heterocycles. The van der Waals surface area contributed by atoms with Crippen molar-refractivity contribution in [3.05, 3.63) is 17.2 Å². The van der Waals surface area contributed by atoms with Crippen LogP contribution < -0.4 is 0 Å². The minimum atomic E-state index is 0.599. The monoisotopic (exact) mass is 164 g/mol. The van der Waals surface area contributed by atoms with Crippen molar-refractivity contribution in [3.63, 3.8) is 0 Å². The summed E-state index contributed by atoms with van der Waals surface area (Å²) in [7, 11) is 0. The summed E-state index contributed by atoms with van der Waals surface area (Å²) >= 11 is 0. The standard InChI is InChI=1S/C9H12N2O/c1-7-8-4-2-3-5-11(8)9(6-12)10-7/h6H,2-5H2,1H3. The third-order valence-corrected chi connectivity index (χ3v) is 2.45. The van der Waals surface area contributed by atoms with Gasteiger partial charge in [0.1, 0.15) is 0 Å². The summed E-state index contributed by atoms with van der Waals surface area (Å²) in [6.07, 6.45) is 4.32. The highest BCUT2D eigenvalue weighted by Gasteiger charge is 2.16. The summed E-state index contributed by atoms with van der Waals surface area (Å²) < 4.78 is 2.05. The second-order valence-electron chi connectivity index (χ2n) is 3.23. The smallest absolute Gasteiger partial charge is 0.185 e. The molecule has 0 amide bonds. The quantitative estimate of drug-likeness (QED) is 0.587. The summed E-state index contributed by atoms with van der Waals surface area (Å²) in [6.45, 7) is 2.94.